The first-order valence-electron chi connectivity index (χ1n) is 7.50. The number of carbonyl (C=O) groups excluding carboxylic acids is 1. The zero-order valence-corrected chi connectivity index (χ0v) is 13.8. The molecule has 0 radical (unpaired) electrons. The highest BCUT2D eigenvalue weighted by molar-refractivity contribution is 6.30. The van der Waals surface area contributed by atoms with Crippen LogP contribution in [0.4, 0.5) is 10.5 Å². The maximum atomic E-state index is 12.3. The number of rotatable bonds is 3. The van der Waals surface area contributed by atoms with E-state index in [0.717, 1.165) is 44.0 Å². The van der Waals surface area contributed by atoms with Crippen molar-refractivity contribution in [1.82, 2.24) is 9.80 Å². The van der Waals surface area contributed by atoms with Crippen LogP contribution in [0, 0.1) is 12.8 Å². The SMILES string of the molecule is Cc1cc(Cl)ccc1NC(=O)N1CCN(CC(C)C)CC1. The molecule has 1 N–H and O–H groups in total. The van der Waals surface area contributed by atoms with Crippen molar-refractivity contribution in [3.05, 3.63) is 28.8 Å². The third-order valence-electron chi connectivity index (χ3n) is 3.71. The molecule has 0 saturated carbocycles. The number of carbonyl (C=O) groups is 1. The van der Waals surface area contributed by atoms with Crippen LogP contribution in [0.1, 0.15) is 19.4 Å². The van der Waals surface area contributed by atoms with E-state index in [0.29, 0.717) is 10.9 Å². The molecule has 0 atom stereocenters. The Kier molecular flexibility index (Phi) is 5.48. The van der Waals surface area contributed by atoms with Crippen molar-refractivity contribution in [2.75, 3.05) is 38.0 Å². The molecule has 1 aromatic carbocycles. The Morgan fingerprint density at radius 1 is 1.29 bits per heavy atom. The minimum atomic E-state index is -0.0235. The van der Waals surface area contributed by atoms with Crippen LogP contribution in [0.5, 0.6) is 0 Å². The van der Waals surface area contributed by atoms with E-state index in [1.165, 1.54) is 0 Å². The maximum absolute atomic E-state index is 12.3. The summed E-state index contributed by atoms with van der Waals surface area (Å²) >= 11 is 5.93. The van der Waals surface area contributed by atoms with Gasteiger partial charge in [-0.25, -0.2) is 4.79 Å². The minimum Gasteiger partial charge on any atom is -0.322 e. The number of nitrogens with zero attached hydrogens (tertiary/aromatic N) is 2. The summed E-state index contributed by atoms with van der Waals surface area (Å²) in [6.45, 7) is 11.0. The molecule has 2 amide bonds. The second-order valence-corrected chi connectivity index (χ2v) is 6.51. The first kappa shape index (κ1) is 16.1. The number of aryl methyl sites for hydroxylation is 1. The zero-order chi connectivity index (χ0) is 15.4. The first-order chi connectivity index (χ1) is 9.95. The van der Waals surface area contributed by atoms with Crippen LogP contribution in [0.15, 0.2) is 18.2 Å². The predicted octanol–water partition coefficient (Wildman–Crippen LogP) is 3.45. The summed E-state index contributed by atoms with van der Waals surface area (Å²) in [5.74, 6) is 0.669. The quantitative estimate of drug-likeness (QED) is 0.928. The molecule has 2 rings (SSSR count). The fraction of sp³-hybridized carbons (Fsp3) is 0.562. The molecule has 0 unspecified atom stereocenters. The van der Waals surface area contributed by atoms with Crippen molar-refractivity contribution in [2.45, 2.75) is 20.8 Å². The Morgan fingerprint density at radius 3 is 2.52 bits per heavy atom. The van der Waals surface area contributed by atoms with Crippen molar-refractivity contribution in [3.63, 3.8) is 0 Å². The van der Waals surface area contributed by atoms with Gasteiger partial charge in [-0.2, -0.15) is 0 Å². The maximum Gasteiger partial charge on any atom is 0.321 e. The number of nitrogens with one attached hydrogen (secondary N) is 1. The summed E-state index contributed by atoms with van der Waals surface area (Å²) in [6.07, 6.45) is 0. The zero-order valence-electron chi connectivity index (χ0n) is 13.0. The molecule has 0 aromatic heterocycles. The predicted molar refractivity (Wildman–Crippen MR) is 88.1 cm³/mol. The third kappa shape index (κ3) is 4.61. The summed E-state index contributed by atoms with van der Waals surface area (Å²) in [5, 5.41) is 3.66. The van der Waals surface area contributed by atoms with E-state index in [4.69, 9.17) is 11.6 Å². The summed E-state index contributed by atoms with van der Waals surface area (Å²) in [5.41, 5.74) is 1.81. The molecule has 1 fully saturated rings. The highest BCUT2D eigenvalue weighted by Gasteiger charge is 2.21. The lowest BCUT2D eigenvalue weighted by atomic mass is 10.2. The van der Waals surface area contributed by atoms with Gasteiger partial charge in [0.05, 0.1) is 0 Å². The molecule has 1 aromatic rings. The summed E-state index contributed by atoms with van der Waals surface area (Å²) < 4.78 is 0. The molecule has 0 aliphatic carbocycles. The Bertz CT molecular complexity index is 496. The van der Waals surface area contributed by atoms with Gasteiger partial charge in [-0.15, -0.1) is 0 Å². The van der Waals surface area contributed by atoms with E-state index >= 15 is 0 Å². The van der Waals surface area contributed by atoms with Gasteiger partial charge in [0.1, 0.15) is 0 Å². The minimum absolute atomic E-state index is 0.0235. The Labute approximate surface area is 132 Å². The molecule has 4 nitrogen and oxygen atoms in total. The van der Waals surface area contributed by atoms with E-state index < -0.39 is 0 Å². The van der Waals surface area contributed by atoms with E-state index in [-0.39, 0.29) is 6.03 Å². The molecule has 1 heterocycles. The lowest BCUT2D eigenvalue weighted by Gasteiger charge is -2.35. The lowest BCUT2D eigenvalue weighted by Crippen LogP contribution is -2.50. The summed E-state index contributed by atoms with van der Waals surface area (Å²) in [4.78, 5) is 16.6. The molecule has 0 bridgehead atoms. The van der Waals surface area contributed by atoms with Gasteiger partial charge in [0.25, 0.3) is 0 Å². The molecular formula is C16H24ClN3O. The Morgan fingerprint density at radius 2 is 1.95 bits per heavy atom. The number of benzene rings is 1. The van der Waals surface area contributed by atoms with Gasteiger partial charge in [-0.3, -0.25) is 4.90 Å². The fourth-order valence-electron chi connectivity index (χ4n) is 2.61. The van der Waals surface area contributed by atoms with Crippen LogP contribution < -0.4 is 5.32 Å². The van der Waals surface area contributed by atoms with Crippen molar-refractivity contribution < 1.29 is 4.79 Å². The molecule has 5 heteroatoms. The number of anilines is 1. The summed E-state index contributed by atoms with van der Waals surface area (Å²) in [6, 6.07) is 5.48. The number of amides is 2. The second-order valence-electron chi connectivity index (χ2n) is 6.07. The number of urea groups is 1. The first-order valence-corrected chi connectivity index (χ1v) is 7.88. The monoisotopic (exact) mass is 309 g/mol. The Hall–Kier alpha value is -1.26. The largest absolute Gasteiger partial charge is 0.322 e. The Balaban J connectivity index is 1.87. The van der Waals surface area contributed by atoms with Crippen molar-refractivity contribution in [2.24, 2.45) is 5.92 Å². The molecular weight excluding hydrogens is 286 g/mol. The van der Waals surface area contributed by atoms with Gasteiger partial charge in [0.15, 0.2) is 0 Å². The van der Waals surface area contributed by atoms with Crippen molar-refractivity contribution in [3.8, 4) is 0 Å². The average molecular weight is 310 g/mol. The summed E-state index contributed by atoms with van der Waals surface area (Å²) in [7, 11) is 0. The normalized spacial score (nSPS) is 16.3. The van der Waals surface area contributed by atoms with E-state index in [1.807, 2.05) is 24.0 Å². The third-order valence-corrected chi connectivity index (χ3v) is 3.95. The van der Waals surface area contributed by atoms with Crippen molar-refractivity contribution >= 4 is 23.3 Å². The fourth-order valence-corrected chi connectivity index (χ4v) is 2.84. The second kappa shape index (κ2) is 7.14. The standard InChI is InChI=1S/C16H24ClN3O/c1-12(2)11-19-6-8-20(9-7-19)16(21)18-15-5-4-14(17)10-13(15)3/h4-5,10,12H,6-9,11H2,1-3H3,(H,18,21). The molecule has 116 valence electrons. The van der Waals surface area contributed by atoms with E-state index in [1.54, 1.807) is 6.07 Å². The van der Waals surface area contributed by atoms with Gasteiger partial charge in [-0.05, 0) is 36.6 Å². The van der Waals surface area contributed by atoms with Gasteiger partial charge < -0.3 is 10.2 Å². The van der Waals surface area contributed by atoms with Crippen LogP contribution in [0.2, 0.25) is 5.02 Å². The van der Waals surface area contributed by atoms with Gasteiger partial charge >= 0.3 is 6.03 Å². The average Bonchev–Trinajstić information content (AvgIpc) is 2.42. The number of hydrogen-bond acceptors (Lipinski definition) is 2. The molecule has 0 spiro atoms. The van der Waals surface area contributed by atoms with Crippen molar-refractivity contribution in [1.29, 1.82) is 0 Å². The van der Waals surface area contributed by atoms with Crippen LogP contribution in [0.3, 0.4) is 0 Å². The van der Waals surface area contributed by atoms with Crippen LogP contribution >= 0.6 is 11.6 Å². The van der Waals surface area contributed by atoms with Crippen LogP contribution in [0.25, 0.3) is 0 Å². The highest BCUT2D eigenvalue weighted by atomic mass is 35.5. The van der Waals surface area contributed by atoms with Gasteiger partial charge in [0.2, 0.25) is 0 Å². The van der Waals surface area contributed by atoms with E-state index in [9.17, 15) is 4.79 Å². The number of hydrogen-bond donors (Lipinski definition) is 1. The number of halogens is 1. The smallest absolute Gasteiger partial charge is 0.321 e. The molecule has 21 heavy (non-hydrogen) atoms. The van der Waals surface area contributed by atoms with Crippen LogP contribution in [-0.2, 0) is 0 Å². The van der Waals surface area contributed by atoms with Crippen LogP contribution in [-0.4, -0.2) is 48.6 Å². The lowest BCUT2D eigenvalue weighted by molar-refractivity contribution is 0.138. The van der Waals surface area contributed by atoms with Gasteiger partial charge in [-0.1, -0.05) is 25.4 Å². The molecule has 1 aliphatic rings. The van der Waals surface area contributed by atoms with Gasteiger partial charge in [0, 0.05) is 43.4 Å². The highest BCUT2D eigenvalue weighted by Crippen LogP contribution is 2.20. The molecule has 1 aliphatic heterocycles. The van der Waals surface area contributed by atoms with E-state index in [2.05, 4.69) is 24.1 Å². The molecule has 1 saturated heterocycles. The number of piperazine rings is 1. The topological polar surface area (TPSA) is 35.6 Å².